The van der Waals surface area contributed by atoms with Crippen molar-refractivity contribution in [2.45, 2.75) is 51.7 Å². The summed E-state index contributed by atoms with van der Waals surface area (Å²) >= 11 is 1.43. The van der Waals surface area contributed by atoms with Crippen molar-refractivity contribution in [3.8, 4) is 5.75 Å². The zero-order valence-corrected chi connectivity index (χ0v) is 13.5. The number of carbonyl (C=O) groups excluding carboxylic acids is 1. The molecule has 0 saturated heterocycles. The molecule has 1 aromatic rings. The van der Waals surface area contributed by atoms with E-state index in [1.807, 2.05) is 41.5 Å². The molecule has 1 N–H and O–H groups in total. The fraction of sp³-hybridized carbons (Fsp3) is 0.692. The Bertz CT molecular complexity index is 443. The lowest BCUT2D eigenvalue weighted by Crippen LogP contribution is -2.29. The fourth-order valence-corrected chi connectivity index (χ4v) is 2.43. The Hall–Kier alpha value is -1.17. The molecule has 108 valence electrons. The van der Waals surface area contributed by atoms with E-state index >= 15 is 0 Å². The van der Waals surface area contributed by atoms with Gasteiger partial charge in [0.15, 0.2) is 5.75 Å². The van der Waals surface area contributed by atoms with Crippen molar-refractivity contribution < 1.29 is 9.53 Å². The van der Waals surface area contributed by atoms with Crippen LogP contribution in [-0.4, -0.2) is 32.4 Å². The number of amides is 1. The van der Waals surface area contributed by atoms with Gasteiger partial charge in [-0.3, -0.25) is 9.40 Å². The van der Waals surface area contributed by atoms with Crippen molar-refractivity contribution in [1.29, 1.82) is 0 Å². The van der Waals surface area contributed by atoms with Crippen molar-refractivity contribution in [2.24, 2.45) is 0 Å². The average Bonchev–Trinajstić information content (AvgIpc) is 2.62. The van der Waals surface area contributed by atoms with Crippen LogP contribution < -0.4 is 4.74 Å². The molecule has 0 unspecified atom stereocenters. The molecule has 19 heavy (non-hydrogen) atoms. The monoisotopic (exact) mass is 285 g/mol. The SMILES string of the molecule is CN(SC(C)(C)C)C(=O)Oc1c[nH]nc1C(C)(C)C. The molecule has 1 aromatic heterocycles. The zero-order chi connectivity index (χ0) is 14.8. The van der Waals surface area contributed by atoms with Crippen LogP contribution in [0.25, 0.3) is 0 Å². The van der Waals surface area contributed by atoms with Crippen molar-refractivity contribution in [3.63, 3.8) is 0 Å². The minimum absolute atomic E-state index is 0.0446. The molecule has 1 amide bonds. The topological polar surface area (TPSA) is 58.2 Å². The number of rotatable bonds is 2. The molecule has 0 spiro atoms. The van der Waals surface area contributed by atoms with Gasteiger partial charge in [-0.05, 0) is 32.7 Å². The second-order valence-corrected chi connectivity index (χ2v) is 8.37. The molecule has 1 heterocycles. The maximum atomic E-state index is 12.0. The minimum Gasteiger partial charge on any atom is -0.406 e. The van der Waals surface area contributed by atoms with E-state index in [-0.39, 0.29) is 10.2 Å². The number of hydrogen-bond acceptors (Lipinski definition) is 4. The molecular weight excluding hydrogens is 262 g/mol. The fourth-order valence-electron chi connectivity index (χ4n) is 1.50. The van der Waals surface area contributed by atoms with Gasteiger partial charge in [0, 0.05) is 17.2 Å². The maximum absolute atomic E-state index is 12.0. The van der Waals surface area contributed by atoms with Crippen LogP contribution in [0.2, 0.25) is 0 Å². The summed E-state index contributed by atoms with van der Waals surface area (Å²) in [6, 6.07) is 0. The van der Waals surface area contributed by atoms with Gasteiger partial charge in [-0.1, -0.05) is 20.8 Å². The number of carbonyl (C=O) groups is 1. The molecule has 0 radical (unpaired) electrons. The lowest BCUT2D eigenvalue weighted by molar-refractivity contribution is 0.186. The molecule has 0 aliphatic heterocycles. The van der Waals surface area contributed by atoms with Gasteiger partial charge in [-0.15, -0.1) is 0 Å². The third-order valence-corrected chi connectivity index (χ3v) is 3.15. The Morgan fingerprint density at radius 3 is 2.37 bits per heavy atom. The summed E-state index contributed by atoms with van der Waals surface area (Å²) in [6.07, 6.45) is 1.21. The Morgan fingerprint density at radius 2 is 1.89 bits per heavy atom. The van der Waals surface area contributed by atoms with Crippen LogP contribution in [-0.2, 0) is 5.41 Å². The third-order valence-electron chi connectivity index (χ3n) is 2.18. The molecule has 0 atom stereocenters. The first-order chi connectivity index (χ1) is 8.50. The molecule has 0 fully saturated rings. The largest absolute Gasteiger partial charge is 0.425 e. The van der Waals surface area contributed by atoms with Gasteiger partial charge in [0.25, 0.3) is 0 Å². The van der Waals surface area contributed by atoms with E-state index in [2.05, 4.69) is 10.2 Å². The van der Waals surface area contributed by atoms with Crippen molar-refractivity contribution in [2.75, 3.05) is 7.05 Å². The molecular formula is C13H23N3O2S. The molecule has 6 heteroatoms. The Kier molecular flexibility index (Phi) is 4.55. The average molecular weight is 285 g/mol. The van der Waals surface area contributed by atoms with Gasteiger partial charge in [0.05, 0.1) is 6.20 Å². The first-order valence-electron chi connectivity index (χ1n) is 6.19. The highest BCUT2D eigenvalue weighted by Gasteiger charge is 2.26. The van der Waals surface area contributed by atoms with E-state index in [4.69, 9.17) is 4.74 Å². The summed E-state index contributed by atoms with van der Waals surface area (Å²) in [5.41, 5.74) is 0.570. The van der Waals surface area contributed by atoms with Gasteiger partial charge in [0.1, 0.15) is 5.69 Å². The molecule has 0 saturated carbocycles. The van der Waals surface area contributed by atoms with E-state index in [9.17, 15) is 4.79 Å². The number of nitrogens with zero attached hydrogens (tertiary/aromatic N) is 2. The van der Waals surface area contributed by atoms with Crippen LogP contribution in [0.4, 0.5) is 4.79 Å². The van der Waals surface area contributed by atoms with Gasteiger partial charge in [0.2, 0.25) is 0 Å². The summed E-state index contributed by atoms with van der Waals surface area (Å²) in [5.74, 6) is 0.485. The molecule has 0 aromatic carbocycles. The van der Waals surface area contributed by atoms with E-state index in [0.29, 0.717) is 5.75 Å². The summed E-state index contributed by atoms with van der Waals surface area (Å²) in [6.45, 7) is 12.2. The number of nitrogens with one attached hydrogen (secondary N) is 1. The van der Waals surface area contributed by atoms with E-state index in [1.54, 1.807) is 13.2 Å². The quantitative estimate of drug-likeness (QED) is 0.844. The summed E-state index contributed by atoms with van der Waals surface area (Å²) < 4.78 is 6.85. The predicted molar refractivity (Wildman–Crippen MR) is 78.4 cm³/mol. The smallest absolute Gasteiger partial charge is 0.406 e. The van der Waals surface area contributed by atoms with E-state index < -0.39 is 6.09 Å². The van der Waals surface area contributed by atoms with Crippen molar-refractivity contribution >= 4 is 18.0 Å². The van der Waals surface area contributed by atoms with Crippen LogP contribution in [0, 0.1) is 0 Å². The summed E-state index contributed by atoms with van der Waals surface area (Å²) in [4.78, 5) is 12.0. The predicted octanol–water partition coefficient (Wildman–Crippen LogP) is 3.58. The Balaban J connectivity index is 2.76. The number of aromatic nitrogens is 2. The van der Waals surface area contributed by atoms with Gasteiger partial charge >= 0.3 is 6.09 Å². The van der Waals surface area contributed by atoms with Crippen molar-refractivity contribution in [3.05, 3.63) is 11.9 Å². The van der Waals surface area contributed by atoms with Gasteiger partial charge in [-0.2, -0.15) is 5.10 Å². The Morgan fingerprint density at radius 1 is 1.32 bits per heavy atom. The second-order valence-electron chi connectivity index (χ2n) is 6.42. The Labute approximate surface area is 119 Å². The number of hydrogen-bond donors (Lipinski definition) is 1. The zero-order valence-electron chi connectivity index (χ0n) is 12.7. The standard InChI is InChI=1S/C13H23N3O2S/c1-12(2,3)10-9(8-14-15-10)18-11(17)16(7)19-13(4,5)6/h8H,1-7H3,(H,14,15). The molecule has 0 aliphatic rings. The number of H-pyrrole nitrogens is 1. The molecule has 0 aliphatic carbocycles. The van der Waals surface area contributed by atoms with Crippen LogP contribution in [0.3, 0.4) is 0 Å². The van der Waals surface area contributed by atoms with Gasteiger partial charge < -0.3 is 4.74 Å². The maximum Gasteiger partial charge on any atom is 0.425 e. The van der Waals surface area contributed by atoms with E-state index in [1.165, 1.54) is 16.3 Å². The van der Waals surface area contributed by atoms with Crippen LogP contribution in [0.5, 0.6) is 5.75 Å². The highest BCUT2D eigenvalue weighted by atomic mass is 32.2. The third kappa shape index (κ3) is 4.78. The van der Waals surface area contributed by atoms with Crippen LogP contribution in [0.15, 0.2) is 6.20 Å². The minimum atomic E-state index is -0.396. The molecule has 0 bridgehead atoms. The lowest BCUT2D eigenvalue weighted by Gasteiger charge is -2.25. The first-order valence-corrected chi connectivity index (χ1v) is 6.97. The summed E-state index contributed by atoms with van der Waals surface area (Å²) in [5, 5.41) is 6.89. The summed E-state index contributed by atoms with van der Waals surface area (Å²) in [7, 11) is 1.70. The van der Waals surface area contributed by atoms with Gasteiger partial charge in [-0.25, -0.2) is 4.79 Å². The number of ether oxygens (including phenoxy) is 1. The highest BCUT2D eigenvalue weighted by Crippen LogP contribution is 2.31. The first kappa shape index (κ1) is 15.9. The normalized spacial score (nSPS) is 12.4. The van der Waals surface area contributed by atoms with Crippen LogP contribution >= 0.6 is 11.9 Å². The second kappa shape index (κ2) is 5.45. The lowest BCUT2D eigenvalue weighted by atomic mass is 9.92. The molecule has 5 nitrogen and oxygen atoms in total. The highest BCUT2D eigenvalue weighted by molar-refractivity contribution is 7.98. The van der Waals surface area contributed by atoms with E-state index in [0.717, 1.165) is 5.69 Å². The number of aromatic amines is 1. The van der Waals surface area contributed by atoms with Crippen molar-refractivity contribution in [1.82, 2.24) is 14.5 Å². The molecule has 1 rings (SSSR count). The van der Waals surface area contributed by atoms with Crippen LogP contribution in [0.1, 0.15) is 47.2 Å².